The smallest absolute Gasteiger partial charge is 0.339 e. The van der Waals surface area contributed by atoms with Crippen LogP contribution in [0.5, 0.6) is 5.75 Å². The molecule has 0 saturated heterocycles. The number of aromatic carboxylic acids is 1. The van der Waals surface area contributed by atoms with E-state index in [0.717, 1.165) is 11.2 Å². The molecule has 1 aromatic carbocycles. The molecule has 4 nitrogen and oxygen atoms in total. The molecule has 2 N–H and O–H groups in total. The molecule has 1 aromatic heterocycles. The molecule has 0 radical (unpaired) electrons. The lowest BCUT2D eigenvalue weighted by Crippen LogP contribution is -1.96. The average molecular weight is 248 g/mol. The SMILES string of the molecule is O=Cc1ccc(-c2ccc(C(=O)O)c(O)c2)s1. The number of hydrogen-bond acceptors (Lipinski definition) is 4. The van der Waals surface area contributed by atoms with Crippen LogP contribution in [0, 0.1) is 0 Å². The van der Waals surface area contributed by atoms with E-state index in [-0.39, 0.29) is 11.3 Å². The van der Waals surface area contributed by atoms with Crippen molar-refractivity contribution in [3.8, 4) is 16.2 Å². The summed E-state index contributed by atoms with van der Waals surface area (Å²) in [5, 5.41) is 18.3. The van der Waals surface area contributed by atoms with Crippen LogP contribution in [0.15, 0.2) is 30.3 Å². The van der Waals surface area contributed by atoms with Crippen LogP contribution >= 0.6 is 11.3 Å². The van der Waals surface area contributed by atoms with E-state index in [4.69, 9.17) is 5.11 Å². The molecule has 86 valence electrons. The summed E-state index contributed by atoms with van der Waals surface area (Å²) < 4.78 is 0. The van der Waals surface area contributed by atoms with Crippen LogP contribution < -0.4 is 0 Å². The normalized spacial score (nSPS) is 10.1. The summed E-state index contributed by atoms with van der Waals surface area (Å²) >= 11 is 1.28. The molecular weight excluding hydrogens is 240 g/mol. The number of carbonyl (C=O) groups excluding carboxylic acids is 1. The number of rotatable bonds is 3. The van der Waals surface area contributed by atoms with Gasteiger partial charge in [-0.25, -0.2) is 4.79 Å². The molecule has 0 fully saturated rings. The highest BCUT2D eigenvalue weighted by Gasteiger charge is 2.11. The number of carboxylic acid groups (broad SMARTS) is 1. The Labute approximate surface area is 101 Å². The van der Waals surface area contributed by atoms with Gasteiger partial charge < -0.3 is 10.2 Å². The van der Waals surface area contributed by atoms with E-state index in [1.54, 1.807) is 18.2 Å². The van der Waals surface area contributed by atoms with Gasteiger partial charge in [-0.05, 0) is 29.8 Å². The van der Waals surface area contributed by atoms with Gasteiger partial charge >= 0.3 is 5.97 Å². The van der Waals surface area contributed by atoms with Crippen LogP contribution in [0.1, 0.15) is 20.0 Å². The zero-order valence-corrected chi connectivity index (χ0v) is 9.40. The van der Waals surface area contributed by atoms with Crippen molar-refractivity contribution in [2.45, 2.75) is 0 Å². The molecule has 0 spiro atoms. The number of carbonyl (C=O) groups is 2. The molecule has 0 atom stereocenters. The molecule has 1 heterocycles. The van der Waals surface area contributed by atoms with Gasteiger partial charge in [-0.1, -0.05) is 6.07 Å². The van der Waals surface area contributed by atoms with Gasteiger partial charge in [-0.15, -0.1) is 11.3 Å². The summed E-state index contributed by atoms with van der Waals surface area (Å²) in [6.07, 6.45) is 0.750. The van der Waals surface area contributed by atoms with E-state index >= 15 is 0 Å². The first kappa shape index (κ1) is 11.3. The van der Waals surface area contributed by atoms with Gasteiger partial charge in [0.2, 0.25) is 0 Å². The Balaban J connectivity index is 2.43. The Morgan fingerprint density at radius 2 is 2.00 bits per heavy atom. The van der Waals surface area contributed by atoms with Crippen LogP contribution in [0.2, 0.25) is 0 Å². The van der Waals surface area contributed by atoms with Gasteiger partial charge in [0.05, 0.1) is 4.88 Å². The third-order valence-electron chi connectivity index (χ3n) is 2.26. The maximum absolute atomic E-state index is 10.7. The van der Waals surface area contributed by atoms with Crippen molar-refractivity contribution in [1.82, 2.24) is 0 Å². The predicted octanol–water partition coefficient (Wildman–Crippen LogP) is 2.63. The molecule has 5 heteroatoms. The fourth-order valence-electron chi connectivity index (χ4n) is 1.44. The first-order chi connectivity index (χ1) is 8.11. The lowest BCUT2D eigenvalue weighted by molar-refractivity contribution is 0.0693. The largest absolute Gasteiger partial charge is 0.507 e. The van der Waals surface area contributed by atoms with Gasteiger partial charge in [0.15, 0.2) is 6.29 Å². The fourth-order valence-corrected chi connectivity index (χ4v) is 2.26. The van der Waals surface area contributed by atoms with Gasteiger partial charge in [-0.2, -0.15) is 0 Å². The van der Waals surface area contributed by atoms with Gasteiger partial charge in [0.25, 0.3) is 0 Å². The summed E-state index contributed by atoms with van der Waals surface area (Å²) in [5.74, 6) is -1.45. The number of hydrogen-bond donors (Lipinski definition) is 2. The van der Waals surface area contributed by atoms with Crippen molar-refractivity contribution in [1.29, 1.82) is 0 Å². The predicted molar refractivity (Wildman–Crippen MR) is 63.8 cm³/mol. The van der Waals surface area contributed by atoms with Crippen LogP contribution in [0.4, 0.5) is 0 Å². The highest BCUT2D eigenvalue weighted by Crippen LogP contribution is 2.31. The molecule has 0 bridgehead atoms. The second-order valence-electron chi connectivity index (χ2n) is 3.36. The Hall–Kier alpha value is -2.14. The third kappa shape index (κ3) is 2.19. The van der Waals surface area contributed by atoms with E-state index in [1.165, 1.54) is 23.5 Å². The van der Waals surface area contributed by atoms with E-state index < -0.39 is 5.97 Å². The Morgan fingerprint density at radius 1 is 1.24 bits per heavy atom. The minimum Gasteiger partial charge on any atom is -0.507 e. The van der Waals surface area contributed by atoms with Gasteiger partial charge in [-0.3, -0.25) is 4.79 Å². The lowest BCUT2D eigenvalue weighted by Gasteiger charge is -2.02. The van der Waals surface area contributed by atoms with Crippen LogP contribution in [0.3, 0.4) is 0 Å². The van der Waals surface area contributed by atoms with Crippen LogP contribution in [0.25, 0.3) is 10.4 Å². The molecule has 0 aliphatic carbocycles. The topological polar surface area (TPSA) is 74.6 Å². The summed E-state index contributed by atoms with van der Waals surface area (Å²) in [6.45, 7) is 0. The van der Waals surface area contributed by atoms with Gasteiger partial charge in [0, 0.05) is 4.88 Å². The van der Waals surface area contributed by atoms with Crippen molar-refractivity contribution >= 4 is 23.6 Å². The summed E-state index contributed by atoms with van der Waals surface area (Å²) in [6, 6.07) is 7.75. The van der Waals surface area contributed by atoms with Gasteiger partial charge in [0.1, 0.15) is 11.3 Å². The first-order valence-corrected chi connectivity index (χ1v) is 5.55. The second kappa shape index (κ2) is 4.39. The molecule has 0 aliphatic rings. The Kier molecular flexibility index (Phi) is 2.93. The van der Waals surface area contributed by atoms with Crippen molar-refractivity contribution in [3.63, 3.8) is 0 Å². The monoisotopic (exact) mass is 248 g/mol. The Bertz CT molecular complexity index is 586. The maximum atomic E-state index is 10.7. The van der Waals surface area contributed by atoms with Crippen LogP contribution in [-0.4, -0.2) is 22.5 Å². The summed E-state index contributed by atoms with van der Waals surface area (Å²) in [4.78, 5) is 22.7. The second-order valence-corrected chi connectivity index (χ2v) is 4.47. The molecular formula is C12H8O4S. The quantitative estimate of drug-likeness (QED) is 0.819. The maximum Gasteiger partial charge on any atom is 0.339 e. The third-order valence-corrected chi connectivity index (χ3v) is 3.32. The average Bonchev–Trinajstić information content (AvgIpc) is 2.76. The lowest BCUT2D eigenvalue weighted by atomic mass is 10.1. The van der Waals surface area contributed by atoms with E-state index in [9.17, 15) is 14.7 Å². The molecule has 0 amide bonds. The number of phenols is 1. The zero-order chi connectivity index (χ0) is 12.4. The summed E-state index contributed by atoms with van der Waals surface area (Å²) in [7, 11) is 0. The molecule has 0 saturated carbocycles. The molecule has 2 rings (SSSR count). The number of benzene rings is 1. The van der Waals surface area contributed by atoms with Crippen LogP contribution in [-0.2, 0) is 0 Å². The van der Waals surface area contributed by atoms with Crippen molar-refractivity contribution in [2.24, 2.45) is 0 Å². The van der Waals surface area contributed by atoms with E-state index in [2.05, 4.69) is 0 Å². The van der Waals surface area contributed by atoms with E-state index in [0.29, 0.717) is 10.4 Å². The number of aldehydes is 1. The van der Waals surface area contributed by atoms with Crippen molar-refractivity contribution in [3.05, 3.63) is 40.8 Å². The van der Waals surface area contributed by atoms with Crippen molar-refractivity contribution in [2.75, 3.05) is 0 Å². The minimum atomic E-state index is -1.17. The minimum absolute atomic E-state index is 0.138. The zero-order valence-electron chi connectivity index (χ0n) is 8.58. The standard InChI is InChI=1S/C12H8O4S/c13-6-8-2-4-11(17-8)7-1-3-9(12(15)16)10(14)5-7/h1-6,14H,(H,15,16). The Morgan fingerprint density at radius 3 is 2.53 bits per heavy atom. The highest BCUT2D eigenvalue weighted by atomic mass is 32.1. The van der Waals surface area contributed by atoms with E-state index in [1.807, 2.05) is 0 Å². The molecule has 0 unspecified atom stereocenters. The fraction of sp³-hybridized carbons (Fsp3) is 0. The van der Waals surface area contributed by atoms with Crippen molar-refractivity contribution < 1.29 is 19.8 Å². The first-order valence-electron chi connectivity index (χ1n) is 4.73. The molecule has 0 aliphatic heterocycles. The highest BCUT2D eigenvalue weighted by molar-refractivity contribution is 7.17. The molecule has 2 aromatic rings. The molecule has 17 heavy (non-hydrogen) atoms. The number of thiophene rings is 1. The summed E-state index contributed by atoms with van der Waals surface area (Å²) in [5.41, 5.74) is 0.548. The number of carboxylic acids is 1. The number of aromatic hydroxyl groups is 1.